The maximum Gasteiger partial charge on any atom is 0.236 e. The zero-order chi connectivity index (χ0) is 13.7. The highest BCUT2D eigenvalue weighted by atomic mass is 16.3. The van der Waals surface area contributed by atoms with Gasteiger partial charge in [-0.3, -0.25) is 4.79 Å². The molecule has 0 saturated heterocycles. The first kappa shape index (κ1) is 14.8. The smallest absolute Gasteiger partial charge is 0.236 e. The third kappa shape index (κ3) is 4.46. The van der Waals surface area contributed by atoms with Gasteiger partial charge >= 0.3 is 0 Å². The van der Waals surface area contributed by atoms with Crippen LogP contribution in [0.25, 0.3) is 0 Å². The van der Waals surface area contributed by atoms with Gasteiger partial charge in [0.2, 0.25) is 5.91 Å². The van der Waals surface area contributed by atoms with E-state index in [1.54, 1.807) is 0 Å². The lowest BCUT2D eigenvalue weighted by Crippen LogP contribution is -2.45. The van der Waals surface area contributed by atoms with E-state index in [9.17, 15) is 9.90 Å². The van der Waals surface area contributed by atoms with Gasteiger partial charge in [0, 0.05) is 19.1 Å². The summed E-state index contributed by atoms with van der Waals surface area (Å²) in [5.41, 5.74) is -0.590. The number of amides is 1. The minimum absolute atomic E-state index is 0.183. The Morgan fingerprint density at radius 3 is 2.42 bits per heavy atom. The van der Waals surface area contributed by atoms with Gasteiger partial charge in [-0.05, 0) is 32.6 Å². The third-order valence-electron chi connectivity index (χ3n) is 4.41. The molecule has 0 aromatic carbocycles. The standard InChI is InChI=1S/C15H28N2O2/c1-2-17(13-7-8-13)14(18)11-16-12-15(19)9-5-3-4-6-10-15/h13,16,19H,2-12H2,1H3. The molecule has 4 nitrogen and oxygen atoms in total. The Morgan fingerprint density at radius 2 is 1.89 bits per heavy atom. The van der Waals surface area contributed by atoms with Crippen LogP contribution in [0.2, 0.25) is 0 Å². The molecule has 4 heteroatoms. The SMILES string of the molecule is CCN(C(=O)CNCC1(O)CCCCCC1)C1CC1. The summed E-state index contributed by atoms with van der Waals surface area (Å²) in [4.78, 5) is 14.0. The van der Waals surface area contributed by atoms with Crippen molar-refractivity contribution < 1.29 is 9.90 Å². The second kappa shape index (κ2) is 6.71. The molecule has 0 unspecified atom stereocenters. The van der Waals surface area contributed by atoms with Crippen molar-refractivity contribution in [2.75, 3.05) is 19.6 Å². The molecule has 0 radical (unpaired) electrons. The van der Waals surface area contributed by atoms with Crippen LogP contribution in [0.4, 0.5) is 0 Å². The molecule has 0 aromatic rings. The Kier molecular flexibility index (Phi) is 5.22. The number of hydrogen-bond donors (Lipinski definition) is 2. The largest absolute Gasteiger partial charge is 0.389 e. The highest BCUT2D eigenvalue weighted by Gasteiger charge is 2.32. The van der Waals surface area contributed by atoms with E-state index in [-0.39, 0.29) is 5.91 Å². The van der Waals surface area contributed by atoms with Gasteiger partial charge < -0.3 is 15.3 Å². The van der Waals surface area contributed by atoms with Crippen LogP contribution in [-0.4, -0.2) is 47.2 Å². The second-order valence-corrected chi connectivity index (χ2v) is 6.15. The van der Waals surface area contributed by atoms with E-state index in [4.69, 9.17) is 0 Å². The minimum Gasteiger partial charge on any atom is -0.389 e. The predicted octanol–water partition coefficient (Wildman–Crippen LogP) is 1.67. The molecule has 2 aliphatic carbocycles. The van der Waals surface area contributed by atoms with Gasteiger partial charge in [0.05, 0.1) is 12.1 Å². The molecular formula is C15H28N2O2. The zero-order valence-corrected chi connectivity index (χ0v) is 12.2. The quantitative estimate of drug-likeness (QED) is 0.721. The topological polar surface area (TPSA) is 52.6 Å². The fourth-order valence-corrected chi connectivity index (χ4v) is 3.09. The summed E-state index contributed by atoms with van der Waals surface area (Å²) in [6.07, 6.45) is 8.72. The van der Waals surface area contributed by atoms with Crippen molar-refractivity contribution in [1.29, 1.82) is 0 Å². The normalized spacial score (nSPS) is 22.8. The lowest BCUT2D eigenvalue weighted by Gasteiger charge is -2.27. The third-order valence-corrected chi connectivity index (χ3v) is 4.41. The molecule has 2 aliphatic rings. The van der Waals surface area contributed by atoms with Gasteiger partial charge in [0.15, 0.2) is 0 Å². The molecule has 1 amide bonds. The molecule has 2 N–H and O–H groups in total. The van der Waals surface area contributed by atoms with Crippen LogP contribution in [0.1, 0.15) is 58.3 Å². The fraction of sp³-hybridized carbons (Fsp3) is 0.933. The Labute approximate surface area is 116 Å². The van der Waals surface area contributed by atoms with Gasteiger partial charge in [-0.25, -0.2) is 0 Å². The van der Waals surface area contributed by atoms with Crippen molar-refractivity contribution in [3.8, 4) is 0 Å². The molecule has 0 atom stereocenters. The molecular weight excluding hydrogens is 240 g/mol. The summed E-state index contributed by atoms with van der Waals surface area (Å²) in [5.74, 6) is 0.183. The molecule has 0 heterocycles. The average molecular weight is 268 g/mol. The van der Waals surface area contributed by atoms with Crippen LogP contribution in [0.3, 0.4) is 0 Å². The molecule has 0 spiro atoms. The Bertz CT molecular complexity index is 295. The number of carbonyl (C=O) groups is 1. The van der Waals surface area contributed by atoms with E-state index in [1.165, 1.54) is 12.8 Å². The number of hydrogen-bond acceptors (Lipinski definition) is 3. The Balaban J connectivity index is 1.71. The molecule has 0 aromatic heterocycles. The molecule has 110 valence electrons. The monoisotopic (exact) mass is 268 g/mol. The van der Waals surface area contributed by atoms with Crippen LogP contribution in [0, 0.1) is 0 Å². The molecule has 19 heavy (non-hydrogen) atoms. The first-order valence-corrected chi connectivity index (χ1v) is 7.87. The lowest BCUT2D eigenvalue weighted by atomic mass is 9.94. The van der Waals surface area contributed by atoms with E-state index in [0.29, 0.717) is 19.1 Å². The zero-order valence-electron chi connectivity index (χ0n) is 12.2. The number of rotatable bonds is 6. The summed E-state index contributed by atoms with van der Waals surface area (Å²) in [5, 5.41) is 13.7. The lowest BCUT2D eigenvalue weighted by molar-refractivity contribution is -0.130. The Hall–Kier alpha value is -0.610. The summed E-state index contributed by atoms with van der Waals surface area (Å²) >= 11 is 0. The molecule has 0 aliphatic heterocycles. The summed E-state index contributed by atoms with van der Waals surface area (Å²) in [6.45, 7) is 3.76. The summed E-state index contributed by atoms with van der Waals surface area (Å²) < 4.78 is 0. The van der Waals surface area contributed by atoms with E-state index >= 15 is 0 Å². The van der Waals surface area contributed by atoms with Gasteiger partial charge in [0.25, 0.3) is 0 Å². The van der Waals surface area contributed by atoms with E-state index in [0.717, 1.165) is 45.1 Å². The van der Waals surface area contributed by atoms with Crippen LogP contribution < -0.4 is 5.32 Å². The number of likely N-dealkylation sites (N-methyl/N-ethyl adjacent to an activating group) is 1. The highest BCUT2D eigenvalue weighted by Crippen LogP contribution is 2.27. The number of aliphatic hydroxyl groups is 1. The van der Waals surface area contributed by atoms with Crippen LogP contribution in [0.15, 0.2) is 0 Å². The predicted molar refractivity (Wildman–Crippen MR) is 75.9 cm³/mol. The van der Waals surface area contributed by atoms with Crippen molar-refractivity contribution in [2.24, 2.45) is 0 Å². The molecule has 2 rings (SSSR count). The summed E-state index contributed by atoms with van der Waals surface area (Å²) in [7, 11) is 0. The van der Waals surface area contributed by atoms with E-state index < -0.39 is 5.60 Å². The Morgan fingerprint density at radius 1 is 1.26 bits per heavy atom. The molecule has 2 fully saturated rings. The van der Waals surface area contributed by atoms with Crippen molar-refractivity contribution in [1.82, 2.24) is 10.2 Å². The minimum atomic E-state index is -0.590. The van der Waals surface area contributed by atoms with Crippen molar-refractivity contribution in [3.63, 3.8) is 0 Å². The average Bonchev–Trinajstić information content (AvgIpc) is 3.19. The van der Waals surface area contributed by atoms with Crippen LogP contribution >= 0.6 is 0 Å². The van der Waals surface area contributed by atoms with E-state index in [2.05, 4.69) is 5.32 Å². The maximum atomic E-state index is 12.1. The van der Waals surface area contributed by atoms with Gasteiger partial charge in [-0.15, -0.1) is 0 Å². The fourth-order valence-electron chi connectivity index (χ4n) is 3.09. The number of nitrogens with zero attached hydrogens (tertiary/aromatic N) is 1. The number of carbonyl (C=O) groups excluding carboxylic acids is 1. The summed E-state index contributed by atoms with van der Waals surface area (Å²) in [6, 6.07) is 0.486. The first-order chi connectivity index (χ1) is 9.14. The molecule has 2 saturated carbocycles. The molecule has 0 bridgehead atoms. The highest BCUT2D eigenvalue weighted by molar-refractivity contribution is 5.78. The van der Waals surface area contributed by atoms with Gasteiger partial charge in [-0.1, -0.05) is 25.7 Å². The maximum absolute atomic E-state index is 12.1. The van der Waals surface area contributed by atoms with Gasteiger partial charge in [-0.2, -0.15) is 0 Å². The van der Waals surface area contributed by atoms with Crippen molar-refractivity contribution >= 4 is 5.91 Å². The second-order valence-electron chi connectivity index (χ2n) is 6.15. The van der Waals surface area contributed by atoms with E-state index in [1.807, 2.05) is 11.8 Å². The number of nitrogens with one attached hydrogen (secondary N) is 1. The van der Waals surface area contributed by atoms with Crippen molar-refractivity contribution in [2.45, 2.75) is 69.9 Å². The van der Waals surface area contributed by atoms with Gasteiger partial charge in [0.1, 0.15) is 0 Å². The van der Waals surface area contributed by atoms with Crippen LogP contribution in [-0.2, 0) is 4.79 Å². The van der Waals surface area contributed by atoms with Crippen molar-refractivity contribution in [3.05, 3.63) is 0 Å². The first-order valence-electron chi connectivity index (χ1n) is 7.87. The van der Waals surface area contributed by atoms with Crippen LogP contribution in [0.5, 0.6) is 0 Å².